The van der Waals surface area contributed by atoms with E-state index in [1.807, 2.05) is 12.1 Å². The molecule has 1 heterocycles. The third-order valence-corrected chi connectivity index (χ3v) is 1.05. The lowest BCUT2D eigenvalue weighted by Gasteiger charge is -2.05. The van der Waals surface area contributed by atoms with E-state index in [1.54, 1.807) is 0 Å². The van der Waals surface area contributed by atoms with Gasteiger partial charge in [0.2, 0.25) is 0 Å². The maximum absolute atomic E-state index is 8.29. The van der Waals surface area contributed by atoms with Crippen molar-refractivity contribution in [3.8, 4) is 6.07 Å². The molecular formula is C6H7NO. The number of rotatable bonds is 0. The molecule has 0 N–H and O–H groups in total. The Bertz CT molecular complexity index is 143. The SMILES string of the molecule is N#CC1=CCCOC1. The minimum Gasteiger partial charge on any atom is -0.376 e. The van der Waals surface area contributed by atoms with Crippen LogP contribution in [0.2, 0.25) is 0 Å². The highest BCUT2D eigenvalue weighted by Crippen LogP contribution is 2.02. The number of hydrogen-bond donors (Lipinski definition) is 0. The van der Waals surface area contributed by atoms with Crippen molar-refractivity contribution in [2.45, 2.75) is 6.42 Å². The van der Waals surface area contributed by atoms with Crippen LogP contribution in [-0.4, -0.2) is 13.2 Å². The summed E-state index contributed by atoms with van der Waals surface area (Å²) in [6, 6.07) is 2.04. The molecule has 0 fully saturated rings. The molecule has 1 aliphatic rings. The van der Waals surface area contributed by atoms with Gasteiger partial charge in [-0.2, -0.15) is 5.26 Å². The van der Waals surface area contributed by atoms with E-state index in [4.69, 9.17) is 10.00 Å². The summed E-state index contributed by atoms with van der Waals surface area (Å²) in [5.41, 5.74) is 0.760. The van der Waals surface area contributed by atoms with Gasteiger partial charge in [-0.3, -0.25) is 0 Å². The first-order valence-electron chi connectivity index (χ1n) is 2.60. The predicted molar refractivity (Wildman–Crippen MR) is 29.1 cm³/mol. The summed E-state index contributed by atoms with van der Waals surface area (Å²) in [4.78, 5) is 0. The van der Waals surface area contributed by atoms with Crippen LogP contribution in [0.1, 0.15) is 6.42 Å². The monoisotopic (exact) mass is 109 g/mol. The van der Waals surface area contributed by atoms with Gasteiger partial charge in [-0.25, -0.2) is 0 Å². The summed E-state index contributed by atoms with van der Waals surface area (Å²) in [5, 5.41) is 8.29. The van der Waals surface area contributed by atoms with Gasteiger partial charge in [-0.05, 0) is 6.42 Å². The lowest BCUT2D eigenvalue weighted by atomic mass is 10.2. The van der Waals surface area contributed by atoms with E-state index in [9.17, 15) is 0 Å². The number of ether oxygens (including phenoxy) is 1. The van der Waals surface area contributed by atoms with Gasteiger partial charge in [-0.1, -0.05) is 6.08 Å². The third-order valence-electron chi connectivity index (χ3n) is 1.05. The average molecular weight is 109 g/mol. The normalized spacial score (nSPS) is 19.1. The summed E-state index contributed by atoms with van der Waals surface area (Å²) < 4.78 is 4.98. The lowest BCUT2D eigenvalue weighted by Crippen LogP contribution is -2.03. The van der Waals surface area contributed by atoms with Crippen LogP contribution in [-0.2, 0) is 4.74 Å². The van der Waals surface area contributed by atoms with Crippen LogP contribution >= 0.6 is 0 Å². The molecule has 0 aliphatic carbocycles. The van der Waals surface area contributed by atoms with E-state index < -0.39 is 0 Å². The Kier molecular flexibility index (Phi) is 1.66. The van der Waals surface area contributed by atoms with E-state index in [-0.39, 0.29) is 0 Å². The van der Waals surface area contributed by atoms with Crippen LogP contribution in [0.3, 0.4) is 0 Å². The molecule has 0 bridgehead atoms. The topological polar surface area (TPSA) is 33.0 Å². The van der Waals surface area contributed by atoms with E-state index in [2.05, 4.69) is 0 Å². The molecule has 0 saturated heterocycles. The molecule has 0 saturated carbocycles. The molecule has 2 nitrogen and oxygen atoms in total. The standard InChI is InChI=1S/C6H7NO/c7-4-6-2-1-3-8-5-6/h2H,1,3,5H2. The van der Waals surface area contributed by atoms with Gasteiger partial charge >= 0.3 is 0 Å². The molecule has 2 heteroatoms. The number of nitrogens with zero attached hydrogens (tertiary/aromatic N) is 1. The maximum atomic E-state index is 8.29. The van der Waals surface area contributed by atoms with Crippen molar-refractivity contribution >= 4 is 0 Å². The van der Waals surface area contributed by atoms with Crippen molar-refractivity contribution < 1.29 is 4.74 Å². The van der Waals surface area contributed by atoms with Gasteiger partial charge < -0.3 is 4.74 Å². The predicted octanol–water partition coefficient (Wildman–Crippen LogP) is 0.857. The zero-order valence-corrected chi connectivity index (χ0v) is 4.55. The van der Waals surface area contributed by atoms with E-state index in [0.29, 0.717) is 6.61 Å². The fourth-order valence-electron chi connectivity index (χ4n) is 0.635. The van der Waals surface area contributed by atoms with Crippen molar-refractivity contribution in [1.29, 1.82) is 5.26 Å². The molecule has 0 unspecified atom stereocenters. The first-order chi connectivity index (χ1) is 3.93. The molecular weight excluding hydrogens is 102 g/mol. The molecule has 0 aromatic heterocycles. The second kappa shape index (κ2) is 2.49. The zero-order valence-electron chi connectivity index (χ0n) is 4.55. The first-order valence-corrected chi connectivity index (χ1v) is 2.60. The number of hydrogen-bond acceptors (Lipinski definition) is 2. The minimum atomic E-state index is 0.510. The molecule has 0 spiro atoms. The van der Waals surface area contributed by atoms with Crippen molar-refractivity contribution in [3.63, 3.8) is 0 Å². The van der Waals surface area contributed by atoms with Crippen LogP contribution in [0.4, 0.5) is 0 Å². The molecule has 8 heavy (non-hydrogen) atoms. The Balaban J connectivity index is 2.53. The van der Waals surface area contributed by atoms with Crippen molar-refractivity contribution in [3.05, 3.63) is 11.6 Å². The van der Waals surface area contributed by atoms with Crippen LogP contribution < -0.4 is 0 Å². The van der Waals surface area contributed by atoms with E-state index >= 15 is 0 Å². The Morgan fingerprint density at radius 1 is 1.75 bits per heavy atom. The Morgan fingerprint density at radius 2 is 2.62 bits per heavy atom. The Hall–Kier alpha value is -0.810. The fourth-order valence-corrected chi connectivity index (χ4v) is 0.635. The van der Waals surface area contributed by atoms with Crippen molar-refractivity contribution in [2.24, 2.45) is 0 Å². The summed E-state index contributed by atoms with van der Waals surface area (Å²) in [7, 11) is 0. The van der Waals surface area contributed by atoms with E-state index in [1.165, 1.54) is 0 Å². The van der Waals surface area contributed by atoms with Gasteiger partial charge in [0.05, 0.1) is 24.9 Å². The minimum absolute atomic E-state index is 0.510. The quantitative estimate of drug-likeness (QED) is 0.462. The van der Waals surface area contributed by atoms with Crippen LogP contribution in [0, 0.1) is 11.3 Å². The summed E-state index contributed by atoms with van der Waals surface area (Å²) in [6.07, 6.45) is 2.81. The Labute approximate surface area is 48.4 Å². The van der Waals surface area contributed by atoms with Gasteiger partial charge in [0.25, 0.3) is 0 Å². The highest BCUT2D eigenvalue weighted by Gasteiger charge is 1.99. The largest absolute Gasteiger partial charge is 0.376 e. The molecule has 0 aromatic carbocycles. The first kappa shape index (κ1) is 5.33. The average Bonchev–Trinajstić information content (AvgIpc) is 1.90. The van der Waals surface area contributed by atoms with Gasteiger partial charge in [-0.15, -0.1) is 0 Å². The van der Waals surface area contributed by atoms with Gasteiger partial charge in [0, 0.05) is 0 Å². The van der Waals surface area contributed by atoms with Crippen LogP contribution in [0.25, 0.3) is 0 Å². The molecule has 0 amide bonds. The second-order valence-corrected chi connectivity index (χ2v) is 1.68. The summed E-state index contributed by atoms with van der Waals surface area (Å²) in [5.74, 6) is 0. The maximum Gasteiger partial charge on any atom is 0.0968 e. The van der Waals surface area contributed by atoms with Crippen LogP contribution in [0.5, 0.6) is 0 Å². The highest BCUT2D eigenvalue weighted by atomic mass is 16.5. The molecule has 42 valence electrons. The zero-order chi connectivity index (χ0) is 5.82. The van der Waals surface area contributed by atoms with Crippen LogP contribution in [0.15, 0.2) is 11.6 Å². The Morgan fingerprint density at radius 3 is 3.00 bits per heavy atom. The van der Waals surface area contributed by atoms with E-state index in [0.717, 1.165) is 18.6 Å². The van der Waals surface area contributed by atoms with Gasteiger partial charge in [0.1, 0.15) is 0 Å². The molecule has 1 aliphatic heterocycles. The van der Waals surface area contributed by atoms with Crippen molar-refractivity contribution in [2.75, 3.05) is 13.2 Å². The third kappa shape index (κ3) is 1.08. The molecule has 0 radical (unpaired) electrons. The smallest absolute Gasteiger partial charge is 0.0968 e. The highest BCUT2D eigenvalue weighted by molar-refractivity contribution is 5.21. The fraction of sp³-hybridized carbons (Fsp3) is 0.500. The molecule has 0 atom stereocenters. The second-order valence-electron chi connectivity index (χ2n) is 1.68. The summed E-state index contributed by atoms with van der Waals surface area (Å²) >= 11 is 0. The molecule has 1 rings (SSSR count). The lowest BCUT2D eigenvalue weighted by molar-refractivity contribution is 0.153. The van der Waals surface area contributed by atoms with Gasteiger partial charge in [0.15, 0.2) is 0 Å². The van der Waals surface area contributed by atoms with Crippen molar-refractivity contribution in [1.82, 2.24) is 0 Å². The molecule has 0 aromatic rings. The number of nitriles is 1. The summed E-state index contributed by atoms with van der Waals surface area (Å²) in [6.45, 7) is 1.28.